The van der Waals surface area contributed by atoms with Crippen LogP contribution in [0, 0.1) is 0 Å². The fourth-order valence-corrected chi connectivity index (χ4v) is 2.07. The van der Waals surface area contributed by atoms with Crippen LogP contribution in [0.15, 0.2) is 18.2 Å². The van der Waals surface area contributed by atoms with Gasteiger partial charge in [-0.3, -0.25) is 0 Å². The van der Waals surface area contributed by atoms with Crippen molar-refractivity contribution in [2.24, 2.45) is 0 Å². The molecule has 1 fully saturated rings. The largest absolute Gasteiger partial charge is 0.493 e. The summed E-state index contributed by atoms with van der Waals surface area (Å²) in [5, 5.41) is 3.47. The number of benzene rings is 1. The van der Waals surface area contributed by atoms with Gasteiger partial charge in [0.15, 0.2) is 11.5 Å². The maximum atomic E-state index is 5.93. The van der Waals surface area contributed by atoms with E-state index < -0.39 is 0 Å². The van der Waals surface area contributed by atoms with E-state index in [2.05, 4.69) is 32.2 Å². The van der Waals surface area contributed by atoms with E-state index in [4.69, 9.17) is 14.2 Å². The summed E-state index contributed by atoms with van der Waals surface area (Å²) in [6, 6.07) is 6.09. The van der Waals surface area contributed by atoms with E-state index in [1.807, 2.05) is 12.1 Å². The third-order valence-corrected chi connectivity index (χ3v) is 3.23. The van der Waals surface area contributed by atoms with E-state index in [0.717, 1.165) is 31.1 Å². The van der Waals surface area contributed by atoms with E-state index in [1.54, 1.807) is 7.11 Å². The summed E-state index contributed by atoms with van der Waals surface area (Å²) >= 11 is 0. The van der Waals surface area contributed by atoms with Gasteiger partial charge < -0.3 is 19.5 Å². The zero-order chi connectivity index (χ0) is 14.6. The van der Waals surface area contributed by atoms with Crippen molar-refractivity contribution in [3.05, 3.63) is 23.8 Å². The van der Waals surface area contributed by atoms with Crippen molar-refractivity contribution >= 4 is 0 Å². The van der Waals surface area contributed by atoms with E-state index >= 15 is 0 Å². The molecule has 112 valence electrons. The van der Waals surface area contributed by atoms with Gasteiger partial charge in [-0.2, -0.15) is 0 Å². The summed E-state index contributed by atoms with van der Waals surface area (Å²) < 4.78 is 16.7. The van der Waals surface area contributed by atoms with Crippen LogP contribution in [0.25, 0.3) is 0 Å². The summed E-state index contributed by atoms with van der Waals surface area (Å²) in [4.78, 5) is 0. The van der Waals surface area contributed by atoms with Crippen LogP contribution in [0.4, 0.5) is 0 Å². The molecule has 2 rings (SSSR count). The molecular weight excluding hydrogens is 254 g/mol. The Bertz CT molecular complexity index is 434. The van der Waals surface area contributed by atoms with Crippen LogP contribution in [0.2, 0.25) is 0 Å². The van der Waals surface area contributed by atoms with Gasteiger partial charge in [0.25, 0.3) is 0 Å². The van der Waals surface area contributed by atoms with Crippen molar-refractivity contribution in [2.45, 2.75) is 45.4 Å². The first-order valence-electron chi connectivity index (χ1n) is 7.14. The lowest BCUT2D eigenvalue weighted by Crippen LogP contribution is -2.35. The molecule has 1 saturated heterocycles. The molecule has 4 heteroatoms. The monoisotopic (exact) mass is 279 g/mol. The lowest BCUT2D eigenvalue weighted by Gasteiger charge is -2.21. The summed E-state index contributed by atoms with van der Waals surface area (Å²) in [7, 11) is 1.67. The average molecular weight is 279 g/mol. The molecule has 1 atom stereocenters. The number of hydrogen-bond donors (Lipinski definition) is 1. The predicted molar refractivity (Wildman–Crippen MR) is 79.4 cm³/mol. The summed E-state index contributed by atoms with van der Waals surface area (Å²) in [6.45, 7) is 8.72. The molecule has 1 aliphatic rings. The molecule has 1 aromatic rings. The Balaban J connectivity index is 2.03. The van der Waals surface area contributed by atoms with Crippen molar-refractivity contribution in [1.82, 2.24) is 5.32 Å². The first kappa shape index (κ1) is 15.1. The minimum absolute atomic E-state index is 0.101. The molecule has 1 N–H and O–H groups in total. The van der Waals surface area contributed by atoms with Gasteiger partial charge in [-0.15, -0.1) is 0 Å². The Morgan fingerprint density at radius 1 is 1.30 bits per heavy atom. The Labute approximate surface area is 121 Å². The first-order chi connectivity index (χ1) is 9.48. The normalized spacial score (nSPS) is 19.1. The summed E-state index contributed by atoms with van der Waals surface area (Å²) in [5.41, 5.74) is 1.29. The summed E-state index contributed by atoms with van der Waals surface area (Å²) in [5.74, 6) is 1.58. The third-order valence-electron chi connectivity index (χ3n) is 3.23. The van der Waals surface area contributed by atoms with Gasteiger partial charge in [-0.1, -0.05) is 6.07 Å². The third kappa shape index (κ3) is 4.39. The molecule has 20 heavy (non-hydrogen) atoms. The molecule has 1 aromatic carbocycles. The maximum absolute atomic E-state index is 5.93. The van der Waals surface area contributed by atoms with Crippen LogP contribution in [-0.4, -0.2) is 32.0 Å². The van der Waals surface area contributed by atoms with E-state index in [1.165, 1.54) is 5.56 Å². The lowest BCUT2D eigenvalue weighted by molar-refractivity contribution is 0.138. The molecule has 0 spiro atoms. The molecule has 0 amide bonds. The van der Waals surface area contributed by atoms with E-state index in [0.29, 0.717) is 6.61 Å². The van der Waals surface area contributed by atoms with Gasteiger partial charge in [0.05, 0.1) is 20.3 Å². The van der Waals surface area contributed by atoms with E-state index in [-0.39, 0.29) is 11.6 Å². The Kier molecular flexibility index (Phi) is 4.89. The van der Waals surface area contributed by atoms with Gasteiger partial charge >= 0.3 is 0 Å². The molecule has 0 aliphatic carbocycles. The number of rotatable bonds is 5. The fraction of sp³-hybridized carbons (Fsp3) is 0.625. The van der Waals surface area contributed by atoms with E-state index in [9.17, 15) is 0 Å². The van der Waals surface area contributed by atoms with Crippen molar-refractivity contribution in [3.8, 4) is 11.5 Å². The molecule has 0 aromatic heterocycles. The standard InChI is InChI=1S/C16H25NO3/c1-16(2,3)17-10-12-5-6-14(15(9-12)18-4)20-13-7-8-19-11-13/h5-6,9,13,17H,7-8,10-11H2,1-4H3. The lowest BCUT2D eigenvalue weighted by atomic mass is 10.1. The average Bonchev–Trinajstić information content (AvgIpc) is 2.89. The fourth-order valence-electron chi connectivity index (χ4n) is 2.07. The predicted octanol–water partition coefficient (Wildman–Crippen LogP) is 2.75. The number of methoxy groups -OCH3 is 1. The van der Waals surface area contributed by atoms with Gasteiger partial charge in [0, 0.05) is 18.5 Å². The van der Waals surface area contributed by atoms with Crippen molar-refractivity contribution in [3.63, 3.8) is 0 Å². The maximum Gasteiger partial charge on any atom is 0.161 e. The molecule has 1 heterocycles. The van der Waals surface area contributed by atoms with Crippen LogP contribution in [-0.2, 0) is 11.3 Å². The zero-order valence-electron chi connectivity index (χ0n) is 12.9. The quantitative estimate of drug-likeness (QED) is 0.899. The number of hydrogen-bond acceptors (Lipinski definition) is 4. The second-order valence-electron chi connectivity index (χ2n) is 6.19. The molecule has 0 saturated carbocycles. The molecule has 4 nitrogen and oxygen atoms in total. The Hall–Kier alpha value is -1.26. The van der Waals surface area contributed by atoms with Crippen LogP contribution in [0.1, 0.15) is 32.8 Å². The first-order valence-corrected chi connectivity index (χ1v) is 7.14. The Morgan fingerprint density at radius 2 is 2.10 bits per heavy atom. The second kappa shape index (κ2) is 6.46. The number of ether oxygens (including phenoxy) is 3. The zero-order valence-corrected chi connectivity index (χ0v) is 12.9. The highest BCUT2D eigenvalue weighted by Crippen LogP contribution is 2.30. The van der Waals surface area contributed by atoms with Crippen molar-refractivity contribution in [1.29, 1.82) is 0 Å². The van der Waals surface area contributed by atoms with Gasteiger partial charge in [-0.25, -0.2) is 0 Å². The van der Waals surface area contributed by atoms with Crippen LogP contribution in [0.3, 0.4) is 0 Å². The molecule has 0 bridgehead atoms. The van der Waals surface area contributed by atoms with Crippen molar-refractivity contribution < 1.29 is 14.2 Å². The topological polar surface area (TPSA) is 39.7 Å². The highest BCUT2D eigenvalue weighted by Gasteiger charge is 2.19. The second-order valence-corrected chi connectivity index (χ2v) is 6.19. The SMILES string of the molecule is COc1cc(CNC(C)(C)C)ccc1OC1CCOC1. The van der Waals surface area contributed by atoms with Crippen LogP contribution in [0.5, 0.6) is 11.5 Å². The molecule has 1 aliphatic heterocycles. The summed E-state index contributed by atoms with van der Waals surface area (Å²) in [6.07, 6.45) is 1.08. The Morgan fingerprint density at radius 3 is 2.70 bits per heavy atom. The van der Waals surface area contributed by atoms with Gasteiger partial charge in [-0.05, 0) is 38.5 Å². The minimum atomic E-state index is 0.101. The molecular formula is C16H25NO3. The van der Waals surface area contributed by atoms with Crippen molar-refractivity contribution in [2.75, 3.05) is 20.3 Å². The highest BCUT2D eigenvalue weighted by molar-refractivity contribution is 5.43. The van der Waals surface area contributed by atoms with Gasteiger partial charge in [0.2, 0.25) is 0 Å². The number of nitrogens with one attached hydrogen (secondary N) is 1. The highest BCUT2D eigenvalue weighted by atomic mass is 16.6. The van der Waals surface area contributed by atoms with Crippen LogP contribution >= 0.6 is 0 Å². The molecule has 0 radical (unpaired) electrons. The van der Waals surface area contributed by atoms with Crippen LogP contribution < -0.4 is 14.8 Å². The minimum Gasteiger partial charge on any atom is -0.493 e. The smallest absolute Gasteiger partial charge is 0.161 e. The van der Waals surface area contributed by atoms with Gasteiger partial charge in [0.1, 0.15) is 6.10 Å². The molecule has 1 unspecified atom stereocenters.